The maximum absolute atomic E-state index is 11.2. The largest absolute Gasteiger partial charge is 0.494 e. The molecule has 4 aromatic carbocycles. The average Bonchev–Trinajstić information content (AvgIpc) is 3.04. The molecule has 6 nitrogen and oxygen atoms in total. The Labute approximate surface area is 273 Å². The van der Waals surface area contributed by atoms with E-state index in [-0.39, 0.29) is 24.7 Å². The van der Waals surface area contributed by atoms with Gasteiger partial charge < -0.3 is 19.7 Å². The molecule has 2 atom stereocenters. The second-order valence-electron chi connectivity index (χ2n) is 11.8. The lowest BCUT2D eigenvalue weighted by Crippen LogP contribution is -2.08. The number of rotatable bonds is 16. The van der Waals surface area contributed by atoms with Gasteiger partial charge in [-0.25, -0.2) is 0 Å². The van der Waals surface area contributed by atoms with Crippen LogP contribution in [0.25, 0.3) is 0 Å². The smallest absolute Gasteiger partial charge is 0.304 e. The third kappa shape index (κ3) is 12.6. The molecule has 0 aliphatic heterocycles. The predicted molar refractivity (Wildman–Crippen MR) is 184 cm³/mol. The molecular formula is C40H46O6. The summed E-state index contributed by atoms with van der Waals surface area (Å²) in [6.07, 6.45) is 2.00. The molecule has 0 aromatic heterocycles. The van der Waals surface area contributed by atoms with Crippen molar-refractivity contribution in [3.63, 3.8) is 0 Å². The van der Waals surface area contributed by atoms with Crippen molar-refractivity contribution < 1.29 is 29.3 Å². The van der Waals surface area contributed by atoms with Crippen LogP contribution in [0.2, 0.25) is 0 Å². The lowest BCUT2D eigenvalue weighted by Gasteiger charge is -2.16. The van der Waals surface area contributed by atoms with E-state index in [1.165, 1.54) is 0 Å². The highest BCUT2D eigenvalue weighted by atomic mass is 16.5. The Balaban J connectivity index is 0.000000250. The van der Waals surface area contributed by atoms with Gasteiger partial charge in [-0.2, -0.15) is 0 Å². The van der Waals surface area contributed by atoms with Crippen molar-refractivity contribution in [1.29, 1.82) is 0 Å². The lowest BCUT2D eigenvalue weighted by atomic mass is 9.88. The highest BCUT2D eigenvalue weighted by molar-refractivity contribution is 5.69. The molecule has 0 spiro atoms. The number of hydrogen-bond donors (Lipinski definition) is 2. The first-order valence-corrected chi connectivity index (χ1v) is 15.8. The van der Waals surface area contributed by atoms with Crippen molar-refractivity contribution in [2.24, 2.45) is 5.92 Å². The van der Waals surface area contributed by atoms with Gasteiger partial charge in [0, 0.05) is 18.3 Å². The summed E-state index contributed by atoms with van der Waals surface area (Å²) in [5.41, 5.74) is 5.09. The topological polar surface area (TPSA) is 93.1 Å². The van der Waals surface area contributed by atoms with Gasteiger partial charge in [-0.15, -0.1) is 6.58 Å². The Bertz CT molecular complexity index is 1480. The summed E-state index contributed by atoms with van der Waals surface area (Å²) >= 11 is 0. The lowest BCUT2D eigenvalue weighted by molar-refractivity contribution is -0.138. The molecule has 242 valence electrons. The minimum Gasteiger partial charge on any atom is -0.494 e. The second-order valence-corrected chi connectivity index (χ2v) is 11.8. The van der Waals surface area contributed by atoms with Gasteiger partial charge in [0.05, 0.1) is 26.1 Å². The zero-order chi connectivity index (χ0) is 33.3. The standard InChI is InChI=1S/C20H24O3.C20H22O3/c2*1-15(2)12-13-23-18-10-8-17(9-11-18)19(14-20(21)22)16-6-4-3-5-7-16/h3-11,15,19H,12-14H2,1-2H3,(H,21,22);3-11,19H,1,12-14H2,2H3,(H,21,22). The van der Waals surface area contributed by atoms with Crippen LogP contribution in [0.4, 0.5) is 0 Å². The molecule has 0 bridgehead atoms. The first kappa shape index (κ1) is 35.6. The van der Waals surface area contributed by atoms with Gasteiger partial charge in [-0.1, -0.05) is 104 Å². The fourth-order valence-corrected chi connectivity index (χ4v) is 4.92. The van der Waals surface area contributed by atoms with E-state index in [4.69, 9.17) is 9.47 Å². The molecule has 2 unspecified atom stereocenters. The zero-order valence-electron chi connectivity index (χ0n) is 27.1. The first-order chi connectivity index (χ1) is 22.1. The summed E-state index contributed by atoms with van der Waals surface area (Å²) in [6, 6.07) is 34.9. The van der Waals surface area contributed by atoms with Gasteiger partial charge in [-0.3, -0.25) is 9.59 Å². The average molecular weight is 623 g/mol. The Hall–Kier alpha value is -4.84. The van der Waals surface area contributed by atoms with Gasteiger partial charge >= 0.3 is 11.9 Å². The summed E-state index contributed by atoms with van der Waals surface area (Å²) < 4.78 is 11.4. The predicted octanol–water partition coefficient (Wildman–Crippen LogP) is 9.36. The molecule has 4 aromatic rings. The quantitative estimate of drug-likeness (QED) is 0.121. The molecule has 0 fully saturated rings. The number of carbonyl (C=O) groups is 2. The van der Waals surface area contributed by atoms with E-state index in [2.05, 4.69) is 20.4 Å². The molecule has 0 saturated heterocycles. The Morgan fingerprint density at radius 3 is 1.33 bits per heavy atom. The molecule has 0 heterocycles. The van der Waals surface area contributed by atoms with Crippen LogP contribution in [-0.2, 0) is 9.59 Å². The molecule has 46 heavy (non-hydrogen) atoms. The van der Waals surface area contributed by atoms with Crippen LogP contribution in [0, 0.1) is 5.92 Å². The summed E-state index contributed by atoms with van der Waals surface area (Å²) in [6.45, 7) is 11.5. The second kappa shape index (κ2) is 18.8. The van der Waals surface area contributed by atoms with Crippen LogP contribution in [0.5, 0.6) is 11.5 Å². The number of hydrogen-bond acceptors (Lipinski definition) is 4. The van der Waals surface area contributed by atoms with Gasteiger partial charge in [0.15, 0.2) is 0 Å². The SMILES string of the molecule is C=C(C)CCOc1ccc(C(CC(=O)O)c2ccccc2)cc1.CC(C)CCOc1ccc(C(CC(=O)O)c2ccccc2)cc1. The molecule has 0 aliphatic carbocycles. The number of benzene rings is 4. The van der Waals surface area contributed by atoms with E-state index in [0.29, 0.717) is 19.1 Å². The van der Waals surface area contributed by atoms with Crippen LogP contribution in [0.3, 0.4) is 0 Å². The summed E-state index contributed by atoms with van der Waals surface area (Å²) in [7, 11) is 0. The molecule has 0 radical (unpaired) electrons. The van der Waals surface area contributed by atoms with E-state index >= 15 is 0 Å². The Kier molecular flexibility index (Phi) is 14.6. The first-order valence-electron chi connectivity index (χ1n) is 15.8. The normalized spacial score (nSPS) is 11.9. The Morgan fingerprint density at radius 1 is 0.609 bits per heavy atom. The van der Waals surface area contributed by atoms with Crippen LogP contribution < -0.4 is 9.47 Å². The molecule has 4 rings (SSSR count). The van der Waals surface area contributed by atoms with E-state index < -0.39 is 11.9 Å². The molecule has 0 aliphatic rings. The number of aliphatic carboxylic acids is 2. The van der Waals surface area contributed by atoms with Gasteiger partial charge in [0.2, 0.25) is 0 Å². The van der Waals surface area contributed by atoms with E-state index in [1.54, 1.807) is 0 Å². The Morgan fingerprint density at radius 2 is 0.978 bits per heavy atom. The van der Waals surface area contributed by atoms with Gasteiger partial charge in [0.1, 0.15) is 11.5 Å². The van der Waals surface area contributed by atoms with Crippen molar-refractivity contribution in [3.05, 3.63) is 144 Å². The van der Waals surface area contributed by atoms with Crippen molar-refractivity contribution in [1.82, 2.24) is 0 Å². The van der Waals surface area contributed by atoms with Crippen LogP contribution in [0.1, 0.15) is 80.5 Å². The maximum atomic E-state index is 11.2. The van der Waals surface area contributed by atoms with Crippen molar-refractivity contribution >= 4 is 11.9 Å². The fraction of sp³-hybridized carbons (Fsp3) is 0.300. The van der Waals surface area contributed by atoms with Crippen LogP contribution in [0.15, 0.2) is 121 Å². The van der Waals surface area contributed by atoms with Gasteiger partial charge in [-0.05, 0) is 65.8 Å². The van der Waals surface area contributed by atoms with Crippen molar-refractivity contribution in [2.75, 3.05) is 13.2 Å². The fourth-order valence-electron chi connectivity index (χ4n) is 4.92. The zero-order valence-corrected chi connectivity index (χ0v) is 27.1. The van der Waals surface area contributed by atoms with Crippen LogP contribution >= 0.6 is 0 Å². The molecule has 6 heteroatoms. The van der Waals surface area contributed by atoms with Crippen molar-refractivity contribution in [2.45, 2.75) is 58.3 Å². The van der Waals surface area contributed by atoms with E-state index in [1.807, 2.05) is 116 Å². The third-order valence-corrected chi connectivity index (χ3v) is 7.49. The minimum atomic E-state index is -0.805. The molecule has 0 amide bonds. The van der Waals surface area contributed by atoms with E-state index in [9.17, 15) is 19.8 Å². The number of ether oxygens (including phenoxy) is 2. The third-order valence-electron chi connectivity index (χ3n) is 7.49. The summed E-state index contributed by atoms with van der Waals surface area (Å²) in [5, 5.41) is 18.4. The molecule has 0 saturated carbocycles. The number of carboxylic acids is 2. The molecule has 2 N–H and O–H groups in total. The maximum Gasteiger partial charge on any atom is 0.304 e. The highest BCUT2D eigenvalue weighted by Gasteiger charge is 2.19. The van der Waals surface area contributed by atoms with E-state index in [0.717, 1.165) is 52.2 Å². The van der Waals surface area contributed by atoms with Gasteiger partial charge in [0.25, 0.3) is 0 Å². The summed E-state index contributed by atoms with van der Waals surface area (Å²) in [4.78, 5) is 22.4. The molecular weight excluding hydrogens is 576 g/mol. The highest BCUT2D eigenvalue weighted by Crippen LogP contribution is 2.30. The number of carboxylic acid groups (broad SMARTS) is 2. The van der Waals surface area contributed by atoms with Crippen molar-refractivity contribution in [3.8, 4) is 11.5 Å². The van der Waals surface area contributed by atoms with Crippen LogP contribution in [-0.4, -0.2) is 35.4 Å². The minimum absolute atomic E-state index is 0.0693. The monoisotopic (exact) mass is 622 g/mol. The summed E-state index contributed by atoms with van der Waals surface area (Å²) in [5.74, 6) is 0.342.